The topological polar surface area (TPSA) is 42.4 Å². The van der Waals surface area contributed by atoms with E-state index in [1.54, 1.807) is 0 Å². The zero-order valence-corrected chi connectivity index (χ0v) is 30.1. The Bertz CT molecular complexity index is 3030. The van der Waals surface area contributed by atoms with Crippen LogP contribution in [0, 0.1) is 0 Å². The molecule has 11 rings (SSSR count). The van der Waals surface area contributed by atoms with Crippen LogP contribution in [-0.2, 0) is 5.41 Å². The summed E-state index contributed by atoms with van der Waals surface area (Å²) in [4.78, 5) is 7.29. The van der Waals surface area contributed by atoms with Gasteiger partial charge in [-0.05, 0) is 112 Å². The lowest BCUT2D eigenvalue weighted by Gasteiger charge is -2.31. The highest BCUT2D eigenvalue weighted by atomic mass is 16.3. The van der Waals surface area contributed by atoms with Crippen LogP contribution < -0.4 is 4.90 Å². The molecule has 2 aliphatic rings. The van der Waals surface area contributed by atoms with E-state index in [-0.39, 0.29) is 5.41 Å². The van der Waals surface area contributed by atoms with Crippen LogP contribution >= 0.6 is 0 Å². The Labute approximate surface area is 313 Å². The highest BCUT2D eigenvalue weighted by Gasteiger charge is 2.36. The number of nitrogens with zero attached hydrogens (tertiary/aromatic N) is 2. The number of furan rings is 1. The molecule has 0 atom stereocenters. The predicted octanol–water partition coefficient (Wildman–Crippen LogP) is 13.8. The maximum atomic E-state index is 6.42. The first-order valence-electron chi connectivity index (χ1n) is 18.7. The summed E-state index contributed by atoms with van der Waals surface area (Å²) in [5.74, 6) is 0.647. The number of oxazole rings is 1. The molecule has 2 aromatic heterocycles. The summed E-state index contributed by atoms with van der Waals surface area (Å²) in [6.45, 7) is 4.70. The smallest absolute Gasteiger partial charge is 0.227 e. The van der Waals surface area contributed by atoms with Gasteiger partial charge in [0.05, 0.1) is 0 Å². The summed E-state index contributed by atoms with van der Waals surface area (Å²) in [5.41, 5.74) is 15.9. The fourth-order valence-electron chi connectivity index (χ4n) is 8.93. The molecule has 4 nitrogen and oxygen atoms in total. The first-order valence-corrected chi connectivity index (χ1v) is 18.7. The molecular weight excluding hydrogens is 661 g/mol. The van der Waals surface area contributed by atoms with E-state index in [1.807, 2.05) is 42.5 Å². The van der Waals surface area contributed by atoms with Gasteiger partial charge < -0.3 is 13.7 Å². The number of para-hydroxylation sites is 1. The minimum Gasteiger partial charge on any atom is -0.456 e. The Balaban J connectivity index is 1.04. The fraction of sp³-hybridized carbons (Fsp3) is 0.100. The summed E-state index contributed by atoms with van der Waals surface area (Å²) < 4.78 is 12.7. The van der Waals surface area contributed by atoms with Gasteiger partial charge in [-0.15, -0.1) is 0 Å². The van der Waals surface area contributed by atoms with Crippen molar-refractivity contribution in [3.05, 3.63) is 180 Å². The third-order valence-corrected chi connectivity index (χ3v) is 11.6. The molecule has 0 N–H and O–H groups in total. The molecule has 7 aromatic carbocycles. The summed E-state index contributed by atoms with van der Waals surface area (Å²) in [6, 6.07) is 51.8. The largest absolute Gasteiger partial charge is 0.456 e. The molecular formula is C50H36N2O2. The quantitative estimate of drug-likeness (QED) is 0.180. The number of aromatic nitrogens is 1. The molecule has 54 heavy (non-hydrogen) atoms. The molecule has 0 aliphatic heterocycles. The lowest BCUT2D eigenvalue weighted by molar-refractivity contribution is 0.623. The van der Waals surface area contributed by atoms with Crippen LogP contribution in [0.2, 0.25) is 0 Å². The molecule has 0 spiro atoms. The second-order valence-electron chi connectivity index (χ2n) is 15.1. The number of hydrogen-bond donors (Lipinski definition) is 0. The maximum Gasteiger partial charge on any atom is 0.227 e. The minimum absolute atomic E-state index is 0.0997. The van der Waals surface area contributed by atoms with Crippen molar-refractivity contribution in [2.75, 3.05) is 4.90 Å². The van der Waals surface area contributed by atoms with Crippen molar-refractivity contribution in [3.63, 3.8) is 0 Å². The summed E-state index contributed by atoms with van der Waals surface area (Å²) in [6.07, 6.45) is 6.43. The Kier molecular flexibility index (Phi) is 6.69. The Morgan fingerprint density at radius 3 is 2.17 bits per heavy atom. The second-order valence-corrected chi connectivity index (χ2v) is 15.1. The molecule has 258 valence electrons. The number of fused-ring (bicyclic) bond motifs is 9. The van der Waals surface area contributed by atoms with E-state index in [0.29, 0.717) is 5.89 Å². The third-order valence-electron chi connectivity index (χ3n) is 11.6. The van der Waals surface area contributed by atoms with Gasteiger partial charge in [0, 0.05) is 44.2 Å². The molecule has 2 aliphatic carbocycles. The van der Waals surface area contributed by atoms with E-state index in [0.717, 1.165) is 68.2 Å². The molecule has 0 fully saturated rings. The number of benzene rings is 7. The van der Waals surface area contributed by atoms with Crippen molar-refractivity contribution in [3.8, 4) is 22.6 Å². The SMILES string of the molecule is CC1(C)c2ccccc2-c2ccc(N(C3=CC=C(c4cccc5c4ccc4nc(-c6ccccc6)oc45)CC3)c3ccc4oc5ccccc5c4c3)cc21. The average Bonchev–Trinajstić information content (AvgIpc) is 3.89. The van der Waals surface area contributed by atoms with E-state index >= 15 is 0 Å². The fourth-order valence-corrected chi connectivity index (χ4v) is 8.93. The van der Waals surface area contributed by atoms with E-state index in [4.69, 9.17) is 13.8 Å². The molecule has 0 amide bonds. The summed E-state index contributed by atoms with van der Waals surface area (Å²) >= 11 is 0. The number of hydrogen-bond acceptors (Lipinski definition) is 4. The highest BCUT2D eigenvalue weighted by molar-refractivity contribution is 6.08. The van der Waals surface area contributed by atoms with Gasteiger partial charge >= 0.3 is 0 Å². The van der Waals surface area contributed by atoms with Crippen LogP contribution in [0.3, 0.4) is 0 Å². The van der Waals surface area contributed by atoms with Gasteiger partial charge in [0.2, 0.25) is 5.89 Å². The van der Waals surface area contributed by atoms with E-state index in [2.05, 4.69) is 134 Å². The van der Waals surface area contributed by atoms with E-state index in [1.165, 1.54) is 44.5 Å². The molecule has 0 saturated carbocycles. The average molecular weight is 697 g/mol. The second kappa shape index (κ2) is 11.7. The van der Waals surface area contributed by atoms with Crippen LogP contribution in [0.25, 0.3) is 72.0 Å². The Hall–Kier alpha value is -6.65. The zero-order chi connectivity index (χ0) is 36.0. The highest BCUT2D eigenvalue weighted by Crippen LogP contribution is 2.51. The molecule has 2 heterocycles. The van der Waals surface area contributed by atoms with Crippen LogP contribution in [0.5, 0.6) is 0 Å². The van der Waals surface area contributed by atoms with Crippen LogP contribution in [0.4, 0.5) is 11.4 Å². The third kappa shape index (κ3) is 4.66. The normalized spacial score (nSPS) is 14.7. The zero-order valence-electron chi connectivity index (χ0n) is 30.1. The molecule has 0 radical (unpaired) electrons. The molecule has 0 bridgehead atoms. The van der Waals surface area contributed by atoms with Gasteiger partial charge in [0.15, 0.2) is 5.58 Å². The first-order chi connectivity index (χ1) is 26.5. The van der Waals surface area contributed by atoms with Crippen molar-refractivity contribution in [1.82, 2.24) is 4.98 Å². The van der Waals surface area contributed by atoms with Gasteiger partial charge in [0.1, 0.15) is 16.7 Å². The maximum absolute atomic E-state index is 6.42. The minimum atomic E-state index is -0.0997. The van der Waals surface area contributed by atoms with E-state index in [9.17, 15) is 0 Å². The predicted molar refractivity (Wildman–Crippen MR) is 222 cm³/mol. The van der Waals surface area contributed by atoms with Gasteiger partial charge in [-0.2, -0.15) is 0 Å². The number of anilines is 2. The monoisotopic (exact) mass is 696 g/mol. The lowest BCUT2D eigenvalue weighted by Crippen LogP contribution is -2.20. The molecule has 4 heteroatoms. The van der Waals surface area contributed by atoms with Gasteiger partial charge in [-0.3, -0.25) is 0 Å². The Morgan fingerprint density at radius 2 is 1.28 bits per heavy atom. The molecule has 0 saturated heterocycles. The van der Waals surface area contributed by atoms with Gasteiger partial charge in [-0.1, -0.05) is 111 Å². The lowest BCUT2D eigenvalue weighted by atomic mass is 9.82. The summed E-state index contributed by atoms with van der Waals surface area (Å²) in [5, 5.41) is 4.52. The van der Waals surface area contributed by atoms with Crippen molar-refractivity contribution in [1.29, 1.82) is 0 Å². The number of allylic oxidation sites excluding steroid dienone is 4. The summed E-state index contributed by atoms with van der Waals surface area (Å²) in [7, 11) is 0. The van der Waals surface area contributed by atoms with Crippen LogP contribution in [0.15, 0.2) is 172 Å². The van der Waals surface area contributed by atoms with Gasteiger partial charge in [0.25, 0.3) is 0 Å². The van der Waals surface area contributed by atoms with Crippen molar-refractivity contribution in [2.24, 2.45) is 0 Å². The van der Waals surface area contributed by atoms with E-state index < -0.39 is 0 Å². The first kappa shape index (κ1) is 30.9. The van der Waals surface area contributed by atoms with Crippen LogP contribution in [0.1, 0.15) is 43.4 Å². The van der Waals surface area contributed by atoms with Crippen molar-refractivity contribution < 1.29 is 8.83 Å². The van der Waals surface area contributed by atoms with Gasteiger partial charge in [-0.25, -0.2) is 4.98 Å². The van der Waals surface area contributed by atoms with Crippen molar-refractivity contribution >= 4 is 60.8 Å². The van der Waals surface area contributed by atoms with Crippen molar-refractivity contribution in [2.45, 2.75) is 32.1 Å². The molecule has 9 aromatic rings. The number of rotatable bonds is 5. The van der Waals surface area contributed by atoms with Crippen LogP contribution in [-0.4, -0.2) is 4.98 Å². The molecule has 0 unspecified atom stereocenters. The Morgan fingerprint density at radius 1 is 0.537 bits per heavy atom. The standard InChI is InChI=1S/C50H36N2O2/c1-50(2)43-17-8-6-13-38(43)39-25-23-35(30-44(39)50)52(34-24-28-47-42(29-34)40-14-7-9-18-46(40)53-47)33-21-19-31(20-22-33)36-15-10-16-41-37(36)26-27-45-48(41)54-49(51-45)32-11-4-3-5-12-32/h3-19,21,23-30H,20,22H2,1-2H3.